The average Bonchev–Trinajstić information content (AvgIpc) is 2.88. The number of methoxy groups -OCH3 is 1. The average molecular weight is 318 g/mol. The second kappa shape index (κ2) is 7.16. The number of imide groups is 1. The van der Waals surface area contributed by atoms with Gasteiger partial charge >= 0.3 is 6.03 Å². The molecule has 0 aromatic heterocycles. The Morgan fingerprint density at radius 3 is 2.61 bits per heavy atom. The molecule has 0 bridgehead atoms. The van der Waals surface area contributed by atoms with Crippen LogP contribution in [0, 0.1) is 0 Å². The maximum atomic E-state index is 12.1. The van der Waals surface area contributed by atoms with Crippen LogP contribution in [0.15, 0.2) is 29.4 Å². The minimum atomic E-state index is -0.682. The van der Waals surface area contributed by atoms with Crippen molar-refractivity contribution in [1.29, 1.82) is 0 Å². The van der Waals surface area contributed by atoms with Gasteiger partial charge in [0.15, 0.2) is 5.78 Å². The molecule has 0 aliphatic carbocycles. The first-order valence-electron chi connectivity index (χ1n) is 6.57. The van der Waals surface area contributed by atoms with Crippen LogP contribution in [-0.2, 0) is 9.59 Å². The molecule has 1 fully saturated rings. The summed E-state index contributed by atoms with van der Waals surface area (Å²) >= 11 is 0. The Kier molecular flexibility index (Phi) is 5.03. The number of amides is 4. The molecule has 120 valence electrons. The molecule has 9 heteroatoms. The first-order chi connectivity index (χ1) is 11.0. The van der Waals surface area contributed by atoms with E-state index in [2.05, 4.69) is 5.10 Å². The zero-order valence-electron chi connectivity index (χ0n) is 12.3. The van der Waals surface area contributed by atoms with E-state index in [4.69, 9.17) is 4.74 Å². The largest absolute Gasteiger partial charge is 0.497 e. The van der Waals surface area contributed by atoms with Gasteiger partial charge in [-0.1, -0.05) is 0 Å². The number of Topliss-reactive ketones (excluding diaryl/α,β-unsaturated/α-hetero) is 1. The van der Waals surface area contributed by atoms with E-state index in [0.717, 1.165) is 16.2 Å². The van der Waals surface area contributed by atoms with Gasteiger partial charge in [0.05, 0.1) is 13.7 Å². The number of hydrogen-bond acceptors (Lipinski definition) is 6. The Morgan fingerprint density at radius 2 is 2.09 bits per heavy atom. The summed E-state index contributed by atoms with van der Waals surface area (Å²) in [5, 5.41) is 6.59. The summed E-state index contributed by atoms with van der Waals surface area (Å²) in [6.07, 6.45) is 1.42. The van der Waals surface area contributed by atoms with Gasteiger partial charge in [-0.3, -0.25) is 24.6 Å². The summed E-state index contributed by atoms with van der Waals surface area (Å²) in [6.45, 7) is -0.475. The van der Waals surface area contributed by atoms with Crippen molar-refractivity contribution < 1.29 is 23.9 Å². The first kappa shape index (κ1) is 16.1. The van der Waals surface area contributed by atoms with E-state index in [0.29, 0.717) is 17.7 Å². The summed E-state index contributed by atoms with van der Waals surface area (Å²) < 4.78 is 5.00. The lowest BCUT2D eigenvalue weighted by Crippen LogP contribution is -2.30. The van der Waals surface area contributed by atoms with Crippen LogP contribution in [0.5, 0.6) is 5.75 Å². The molecule has 23 heavy (non-hydrogen) atoms. The maximum Gasteiger partial charge on any atom is 0.345 e. The number of benzene rings is 1. The molecular formula is C14H14N4O5. The lowest BCUT2D eigenvalue weighted by Gasteiger charge is -2.12. The van der Waals surface area contributed by atoms with E-state index in [1.54, 1.807) is 24.3 Å². The second-order valence-electron chi connectivity index (χ2n) is 4.57. The Morgan fingerprint density at radius 1 is 1.39 bits per heavy atom. The van der Waals surface area contributed by atoms with Crippen molar-refractivity contribution in [2.24, 2.45) is 5.10 Å². The summed E-state index contributed by atoms with van der Waals surface area (Å²) in [5.41, 5.74) is 0.403. The van der Waals surface area contributed by atoms with Gasteiger partial charge < -0.3 is 4.74 Å². The van der Waals surface area contributed by atoms with Crippen molar-refractivity contribution in [3.8, 4) is 5.75 Å². The molecule has 0 saturated carbocycles. The van der Waals surface area contributed by atoms with Gasteiger partial charge in [0.1, 0.15) is 18.6 Å². The highest BCUT2D eigenvalue weighted by Crippen LogP contribution is 2.11. The first-order valence-corrected chi connectivity index (χ1v) is 6.57. The Hall–Kier alpha value is -3.23. The Bertz CT molecular complexity index is 656. The van der Waals surface area contributed by atoms with Crippen molar-refractivity contribution in [2.45, 2.75) is 0 Å². The molecule has 1 aliphatic heterocycles. The quantitative estimate of drug-likeness (QED) is 0.247. The van der Waals surface area contributed by atoms with Gasteiger partial charge in [0.2, 0.25) is 12.3 Å². The molecule has 4 amide bonds. The third kappa shape index (κ3) is 4.13. The van der Waals surface area contributed by atoms with Gasteiger partial charge in [-0.25, -0.2) is 9.80 Å². The number of rotatable bonds is 7. The van der Waals surface area contributed by atoms with Crippen LogP contribution < -0.4 is 10.1 Å². The van der Waals surface area contributed by atoms with Gasteiger partial charge in [-0.15, -0.1) is 0 Å². The fourth-order valence-electron chi connectivity index (χ4n) is 1.79. The topological polar surface area (TPSA) is 108 Å². The third-order valence-corrected chi connectivity index (χ3v) is 2.99. The van der Waals surface area contributed by atoms with Crippen LogP contribution in [-0.4, -0.2) is 60.6 Å². The van der Waals surface area contributed by atoms with Crippen LogP contribution in [0.25, 0.3) is 0 Å². The molecule has 2 rings (SSSR count). The van der Waals surface area contributed by atoms with Gasteiger partial charge in [-0.05, 0) is 24.3 Å². The predicted molar refractivity (Wildman–Crippen MR) is 78.8 cm³/mol. The molecular weight excluding hydrogens is 304 g/mol. The number of nitrogens with one attached hydrogen (secondary N) is 1. The minimum absolute atomic E-state index is 0.228. The van der Waals surface area contributed by atoms with Crippen molar-refractivity contribution in [3.63, 3.8) is 0 Å². The second-order valence-corrected chi connectivity index (χ2v) is 4.57. The lowest BCUT2D eigenvalue weighted by molar-refractivity contribution is -0.118. The van der Waals surface area contributed by atoms with Gasteiger partial charge in [0, 0.05) is 5.56 Å². The molecule has 9 nitrogen and oxygen atoms in total. The summed E-state index contributed by atoms with van der Waals surface area (Å²) in [4.78, 5) is 46.3. The van der Waals surface area contributed by atoms with Crippen molar-refractivity contribution in [2.75, 3.05) is 20.2 Å². The summed E-state index contributed by atoms with van der Waals surface area (Å²) in [6, 6.07) is 5.74. The van der Waals surface area contributed by atoms with Crippen LogP contribution in [0.4, 0.5) is 4.79 Å². The number of hydrazone groups is 1. The molecule has 1 saturated heterocycles. The van der Waals surface area contributed by atoms with Crippen molar-refractivity contribution in [3.05, 3.63) is 29.8 Å². The van der Waals surface area contributed by atoms with Crippen molar-refractivity contribution in [1.82, 2.24) is 15.2 Å². The highest BCUT2D eigenvalue weighted by Gasteiger charge is 2.26. The van der Waals surface area contributed by atoms with Crippen LogP contribution in [0.3, 0.4) is 0 Å². The third-order valence-electron chi connectivity index (χ3n) is 2.99. The zero-order valence-corrected chi connectivity index (χ0v) is 12.3. The van der Waals surface area contributed by atoms with Crippen LogP contribution >= 0.6 is 0 Å². The van der Waals surface area contributed by atoms with Crippen LogP contribution in [0.1, 0.15) is 10.4 Å². The Labute approximate surface area is 131 Å². The monoisotopic (exact) mass is 318 g/mol. The van der Waals surface area contributed by atoms with E-state index >= 15 is 0 Å². The standard InChI is InChI=1S/C14H14N4O5/c1-23-11-4-2-10(3-5-11)12(20)6-17(9-19)8-15-18-7-13(21)16-14(18)22/h2-5,8-9H,6-7H2,1H3,(H,16,21,22)/b15-8+. The number of urea groups is 1. The molecule has 0 unspecified atom stereocenters. The molecule has 1 heterocycles. The number of carbonyl (C=O) groups is 4. The predicted octanol–water partition coefficient (Wildman–Crippen LogP) is -0.169. The molecule has 1 aromatic rings. The molecule has 0 atom stereocenters. The molecule has 1 N–H and O–H groups in total. The normalized spacial score (nSPS) is 14.0. The molecule has 0 radical (unpaired) electrons. The molecule has 1 aliphatic rings. The Balaban J connectivity index is 1.98. The molecule has 1 aromatic carbocycles. The van der Waals surface area contributed by atoms with Crippen LogP contribution in [0.2, 0.25) is 0 Å². The molecule has 0 spiro atoms. The fourth-order valence-corrected chi connectivity index (χ4v) is 1.79. The fraction of sp³-hybridized carbons (Fsp3) is 0.214. The van der Waals surface area contributed by atoms with Crippen molar-refractivity contribution >= 4 is 30.5 Å². The number of ether oxygens (including phenoxy) is 1. The smallest absolute Gasteiger partial charge is 0.345 e. The summed E-state index contributed by atoms with van der Waals surface area (Å²) in [7, 11) is 1.51. The number of nitrogens with zero attached hydrogens (tertiary/aromatic N) is 3. The van der Waals surface area contributed by atoms with E-state index in [-0.39, 0.29) is 18.9 Å². The van der Waals surface area contributed by atoms with E-state index in [1.165, 1.54) is 7.11 Å². The summed E-state index contributed by atoms with van der Waals surface area (Å²) in [5.74, 6) is -0.188. The van der Waals surface area contributed by atoms with E-state index in [9.17, 15) is 19.2 Å². The van der Waals surface area contributed by atoms with Gasteiger partial charge in [-0.2, -0.15) is 5.10 Å². The van der Waals surface area contributed by atoms with Gasteiger partial charge in [0.25, 0.3) is 0 Å². The SMILES string of the molecule is COc1ccc(C(=O)CN(C=O)/C=N/N2CC(=O)NC2=O)cc1. The number of ketones is 1. The zero-order chi connectivity index (χ0) is 16.8. The highest BCUT2D eigenvalue weighted by molar-refractivity contribution is 6.02. The number of hydrogen-bond donors (Lipinski definition) is 1. The maximum absolute atomic E-state index is 12.1. The minimum Gasteiger partial charge on any atom is -0.497 e. The lowest BCUT2D eigenvalue weighted by atomic mass is 10.1. The number of carbonyl (C=O) groups excluding carboxylic acids is 4. The highest BCUT2D eigenvalue weighted by atomic mass is 16.5. The van der Waals surface area contributed by atoms with E-state index < -0.39 is 11.9 Å². The van der Waals surface area contributed by atoms with E-state index in [1.807, 2.05) is 5.32 Å².